The first-order chi connectivity index (χ1) is 12.1. The molecule has 0 aliphatic heterocycles. The number of allylic oxidation sites excluding steroid dienone is 4. The van der Waals surface area contributed by atoms with Crippen molar-refractivity contribution in [1.29, 1.82) is 0 Å². The SMILES string of the molecule is CCCCC/C(=C\C/C=C\CCCCCCCC(=O)OCC)[N+](=O)[O-]. The maximum absolute atomic E-state index is 11.2. The van der Waals surface area contributed by atoms with Crippen molar-refractivity contribution in [3.63, 3.8) is 0 Å². The van der Waals surface area contributed by atoms with Crippen molar-refractivity contribution in [1.82, 2.24) is 0 Å². The van der Waals surface area contributed by atoms with Crippen LogP contribution >= 0.6 is 0 Å². The molecule has 5 heteroatoms. The molecule has 0 N–H and O–H groups in total. The van der Waals surface area contributed by atoms with Crippen molar-refractivity contribution in [2.45, 2.75) is 90.9 Å². The molecule has 0 saturated heterocycles. The van der Waals surface area contributed by atoms with Crippen LogP contribution in [0.3, 0.4) is 0 Å². The molecular weight excluding hydrogens is 318 g/mol. The predicted octanol–water partition coefficient (Wildman–Crippen LogP) is 5.97. The molecule has 0 aromatic heterocycles. The Kier molecular flexibility index (Phi) is 16.0. The summed E-state index contributed by atoms with van der Waals surface area (Å²) >= 11 is 0. The van der Waals surface area contributed by atoms with E-state index in [9.17, 15) is 14.9 Å². The quantitative estimate of drug-likeness (QED) is 0.113. The summed E-state index contributed by atoms with van der Waals surface area (Å²) in [7, 11) is 0. The Morgan fingerprint density at radius 2 is 1.64 bits per heavy atom. The molecule has 0 unspecified atom stereocenters. The summed E-state index contributed by atoms with van der Waals surface area (Å²) in [6, 6.07) is 0. The first-order valence-electron chi connectivity index (χ1n) is 9.75. The summed E-state index contributed by atoms with van der Waals surface area (Å²) in [5, 5.41) is 10.9. The van der Waals surface area contributed by atoms with Crippen LogP contribution in [0.5, 0.6) is 0 Å². The highest BCUT2D eigenvalue weighted by atomic mass is 16.6. The van der Waals surface area contributed by atoms with Crippen molar-refractivity contribution in [2.24, 2.45) is 0 Å². The average Bonchev–Trinajstić information content (AvgIpc) is 2.58. The Bertz CT molecular complexity index is 416. The third-order valence-corrected chi connectivity index (χ3v) is 3.98. The van der Waals surface area contributed by atoms with Crippen LogP contribution in [0.15, 0.2) is 23.9 Å². The van der Waals surface area contributed by atoms with Gasteiger partial charge < -0.3 is 4.74 Å². The molecule has 0 atom stereocenters. The van der Waals surface area contributed by atoms with Crippen LogP contribution in [-0.2, 0) is 9.53 Å². The third-order valence-electron chi connectivity index (χ3n) is 3.98. The molecule has 0 heterocycles. The van der Waals surface area contributed by atoms with Crippen molar-refractivity contribution < 1.29 is 14.5 Å². The zero-order chi connectivity index (χ0) is 18.8. The number of nitro groups is 1. The Labute approximate surface area is 152 Å². The Balaban J connectivity index is 3.65. The van der Waals surface area contributed by atoms with Gasteiger partial charge in [-0.2, -0.15) is 0 Å². The number of rotatable bonds is 16. The topological polar surface area (TPSA) is 69.4 Å². The van der Waals surface area contributed by atoms with Crippen molar-refractivity contribution >= 4 is 5.97 Å². The minimum Gasteiger partial charge on any atom is -0.466 e. The molecule has 0 amide bonds. The van der Waals surface area contributed by atoms with Crippen molar-refractivity contribution in [2.75, 3.05) is 6.61 Å². The van der Waals surface area contributed by atoms with Gasteiger partial charge in [0.1, 0.15) is 0 Å². The monoisotopic (exact) mass is 353 g/mol. The highest BCUT2D eigenvalue weighted by molar-refractivity contribution is 5.69. The Morgan fingerprint density at radius 1 is 0.960 bits per heavy atom. The van der Waals surface area contributed by atoms with Gasteiger partial charge in [-0.25, -0.2) is 0 Å². The first-order valence-corrected chi connectivity index (χ1v) is 9.75. The van der Waals surface area contributed by atoms with Gasteiger partial charge in [0.25, 0.3) is 0 Å². The summed E-state index contributed by atoms with van der Waals surface area (Å²) in [4.78, 5) is 21.9. The van der Waals surface area contributed by atoms with Gasteiger partial charge in [0.15, 0.2) is 0 Å². The van der Waals surface area contributed by atoms with Crippen LogP contribution in [0, 0.1) is 10.1 Å². The van der Waals surface area contributed by atoms with Crippen LogP contribution in [0.2, 0.25) is 0 Å². The molecule has 0 aromatic carbocycles. The lowest BCUT2D eigenvalue weighted by Crippen LogP contribution is -2.03. The number of ether oxygens (including phenoxy) is 1. The van der Waals surface area contributed by atoms with Gasteiger partial charge in [0.05, 0.1) is 11.5 Å². The highest BCUT2D eigenvalue weighted by Gasteiger charge is 2.08. The number of carbonyl (C=O) groups excluding carboxylic acids is 1. The fraction of sp³-hybridized carbons (Fsp3) is 0.750. The van der Waals surface area contributed by atoms with Crippen LogP contribution in [0.4, 0.5) is 0 Å². The predicted molar refractivity (Wildman–Crippen MR) is 102 cm³/mol. The fourth-order valence-electron chi connectivity index (χ4n) is 2.54. The smallest absolute Gasteiger partial charge is 0.305 e. The molecule has 0 aliphatic rings. The van der Waals surface area contributed by atoms with Crippen LogP contribution in [0.25, 0.3) is 0 Å². The second-order valence-electron chi connectivity index (χ2n) is 6.23. The fourth-order valence-corrected chi connectivity index (χ4v) is 2.54. The summed E-state index contributed by atoms with van der Waals surface area (Å²) < 4.78 is 4.89. The van der Waals surface area contributed by atoms with E-state index in [2.05, 4.69) is 13.0 Å². The van der Waals surface area contributed by atoms with E-state index in [0.717, 1.165) is 57.8 Å². The molecule has 0 bridgehead atoms. The van der Waals surface area contributed by atoms with Crippen LogP contribution in [0.1, 0.15) is 90.9 Å². The summed E-state index contributed by atoms with van der Waals surface area (Å²) in [6.07, 6.45) is 17.0. The average molecular weight is 354 g/mol. The molecule has 25 heavy (non-hydrogen) atoms. The van der Waals surface area contributed by atoms with Gasteiger partial charge >= 0.3 is 5.97 Å². The molecule has 0 aliphatic carbocycles. The lowest BCUT2D eigenvalue weighted by Gasteiger charge is -2.01. The number of carbonyl (C=O) groups is 1. The van der Waals surface area contributed by atoms with Gasteiger partial charge in [0, 0.05) is 12.8 Å². The normalized spacial score (nSPS) is 11.8. The van der Waals surface area contributed by atoms with E-state index in [4.69, 9.17) is 4.74 Å². The standard InChI is InChI=1S/C20H35NO4/c1-3-5-13-16-19(21(23)24)17-14-11-9-7-6-8-10-12-15-18-20(22)25-4-2/h9,11,17H,3-8,10,12-16,18H2,1-2H3/b11-9-,19-17+. The molecule has 0 rings (SSSR count). The summed E-state index contributed by atoms with van der Waals surface area (Å²) in [5.74, 6) is -0.0951. The van der Waals surface area contributed by atoms with Gasteiger partial charge in [-0.1, -0.05) is 51.2 Å². The minimum atomic E-state index is -0.250. The molecule has 0 aromatic rings. The number of hydrogen-bond donors (Lipinski definition) is 0. The number of unbranched alkanes of at least 4 members (excludes halogenated alkanes) is 7. The van der Waals surface area contributed by atoms with Crippen molar-refractivity contribution in [3.8, 4) is 0 Å². The number of nitrogens with zero attached hydrogens (tertiary/aromatic N) is 1. The molecule has 5 nitrogen and oxygen atoms in total. The second-order valence-corrected chi connectivity index (χ2v) is 6.23. The lowest BCUT2D eigenvalue weighted by atomic mass is 10.1. The Hall–Kier alpha value is -1.65. The molecule has 0 fully saturated rings. The number of esters is 1. The van der Waals surface area contributed by atoms with Crippen molar-refractivity contribution in [3.05, 3.63) is 34.0 Å². The maximum atomic E-state index is 11.2. The van der Waals surface area contributed by atoms with Gasteiger partial charge in [0.2, 0.25) is 5.70 Å². The lowest BCUT2D eigenvalue weighted by molar-refractivity contribution is -0.428. The molecular formula is C20H35NO4. The van der Waals surface area contributed by atoms with E-state index < -0.39 is 0 Å². The van der Waals surface area contributed by atoms with E-state index in [0.29, 0.717) is 31.6 Å². The zero-order valence-corrected chi connectivity index (χ0v) is 16.0. The Morgan fingerprint density at radius 3 is 2.32 bits per heavy atom. The minimum absolute atomic E-state index is 0.0951. The third kappa shape index (κ3) is 15.6. The zero-order valence-electron chi connectivity index (χ0n) is 16.0. The van der Waals surface area contributed by atoms with E-state index >= 15 is 0 Å². The summed E-state index contributed by atoms with van der Waals surface area (Å²) in [5.41, 5.74) is 0.347. The van der Waals surface area contributed by atoms with Gasteiger partial charge in [-0.05, 0) is 45.1 Å². The molecule has 0 radical (unpaired) electrons. The van der Waals surface area contributed by atoms with Crippen LogP contribution < -0.4 is 0 Å². The van der Waals surface area contributed by atoms with Crippen LogP contribution in [-0.4, -0.2) is 17.5 Å². The number of hydrogen-bond acceptors (Lipinski definition) is 4. The van der Waals surface area contributed by atoms with E-state index in [1.54, 1.807) is 6.08 Å². The van der Waals surface area contributed by atoms with E-state index in [1.165, 1.54) is 0 Å². The first kappa shape index (κ1) is 23.4. The van der Waals surface area contributed by atoms with Gasteiger partial charge in [-0.3, -0.25) is 14.9 Å². The second kappa shape index (κ2) is 17.2. The largest absolute Gasteiger partial charge is 0.466 e. The molecule has 0 spiro atoms. The highest BCUT2D eigenvalue weighted by Crippen LogP contribution is 2.11. The summed E-state index contributed by atoms with van der Waals surface area (Å²) in [6.45, 7) is 4.38. The van der Waals surface area contributed by atoms with E-state index in [-0.39, 0.29) is 10.9 Å². The van der Waals surface area contributed by atoms with Gasteiger partial charge in [-0.15, -0.1) is 0 Å². The maximum Gasteiger partial charge on any atom is 0.305 e. The molecule has 0 saturated carbocycles. The molecule has 144 valence electrons. The van der Waals surface area contributed by atoms with E-state index in [1.807, 2.05) is 13.0 Å².